The minimum atomic E-state index is -0.113. The third-order valence-electron chi connectivity index (χ3n) is 2.86. The number of carbonyl (C=O) groups is 1. The minimum Gasteiger partial charge on any atom is -0.322 e. The molecule has 0 aliphatic rings. The van der Waals surface area contributed by atoms with Crippen LogP contribution in [0.15, 0.2) is 47.6 Å². The average Bonchev–Trinajstić information content (AvgIpc) is 2.47. The summed E-state index contributed by atoms with van der Waals surface area (Å²) in [6, 6.07) is 11.4. The molecule has 1 aromatic heterocycles. The number of thioether (sulfide) groups is 1. The van der Waals surface area contributed by atoms with Gasteiger partial charge in [-0.15, -0.1) is 11.8 Å². The first-order valence-corrected chi connectivity index (χ1v) is 7.37. The highest BCUT2D eigenvalue weighted by molar-refractivity contribution is 7.98. The summed E-state index contributed by atoms with van der Waals surface area (Å²) in [5.41, 5.74) is 2.61. The molecule has 0 unspecified atom stereocenters. The molecule has 0 radical (unpaired) electrons. The highest BCUT2D eigenvalue weighted by atomic mass is 32.2. The molecule has 3 nitrogen and oxygen atoms in total. The monoisotopic (exact) mass is 272 g/mol. The van der Waals surface area contributed by atoms with Gasteiger partial charge in [-0.3, -0.25) is 4.79 Å². The zero-order valence-corrected chi connectivity index (χ0v) is 11.8. The van der Waals surface area contributed by atoms with Crippen molar-refractivity contribution in [1.29, 1.82) is 0 Å². The quantitative estimate of drug-likeness (QED) is 0.864. The first-order chi connectivity index (χ1) is 9.26. The number of nitrogens with zero attached hydrogens (tertiary/aromatic N) is 1. The van der Waals surface area contributed by atoms with Crippen LogP contribution in [0.3, 0.4) is 0 Å². The molecule has 1 heterocycles. The molecule has 0 aliphatic heterocycles. The molecule has 2 rings (SSSR count). The first-order valence-electron chi connectivity index (χ1n) is 6.14. The summed E-state index contributed by atoms with van der Waals surface area (Å²) in [4.78, 5) is 16.5. The Morgan fingerprint density at radius 2 is 2.05 bits per heavy atom. The van der Waals surface area contributed by atoms with Crippen LogP contribution in [-0.4, -0.2) is 17.1 Å². The molecule has 98 valence electrons. The molecule has 0 atom stereocenters. The van der Waals surface area contributed by atoms with Gasteiger partial charge in [-0.25, -0.2) is 4.98 Å². The van der Waals surface area contributed by atoms with Gasteiger partial charge in [0.25, 0.3) is 5.91 Å². The predicted molar refractivity (Wildman–Crippen MR) is 79.8 cm³/mol. The van der Waals surface area contributed by atoms with Crippen LogP contribution in [0.2, 0.25) is 0 Å². The number of hydrogen-bond donors (Lipinski definition) is 1. The molecule has 0 saturated heterocycles. The van der Waals surface area contributed by atoms with Crippen LogP contribution in [-0.2, 0) is 6.42 Å². The molecule has 1 aromatic carbocycles. The van der Waals surface area contributed by atoms with Gasteiger partial charge in [0, 0.05) is 11.9 Å². The fourth-order valence-corrected chi connectivity index (χ4v) is 2.41. The second-order valence-electron chi connectivity index (χ2n) is 4.03. The van der Waals surface area contributed by atoms with E-state index in [0.717, 1.165) is 22.7 Å². The number of pyridine rings is 1. The van der Waals surface area contributed by atoms with E-state index in [1.807, 2.05) is 30.5 Å². The second-order valence-corrected chi connectivity index (χ2v) is 4.82. The average molecular weight is 272 g/mol. The topological polar surface area (TPSA) is 42.0 Å². The molecular weight excluding hydrogens is 256 g/mol. The van der Waals surface area contributed by atoms with Crippen molar-refractivity contribution < 1.29 is 4.79 Å². The SMILES string of the molecule is CCc1ccccc1NC(=O)c1cccnc1SC. The number of aryl methyl sites for hydroxylation is 1. The Bertz CT molecular complexity index is 584. The van der Waals surface area contributed by atoms with Crippen molar-refractivity contribution in [3.8, 4) is 0 Å². The van der Waals surface area contributed by atoms with E-state index in [1.165, 1.54) is 11.8 Å². The van der Waals surface area contributed by atoms with Crippen molar-refractivity contribution in [3.05, 3.63) is 53.7 Å². The number of rotatable bonds is 4. The summed E-state index contributed by atoms with van der Waals surface area (Å²) >= 11 is 1.47. The molecule has 1 N–H and O–H groups in total. The molecule has 4 heteroatoms. The molecule has 0 saturated carbocycles. The zero-order chi connectivity index (χ0) is 13.7. The number of nitrogens with one attached hydrogen (secondary N) is 1. The summed E-state index contributed by atoms with van der Waals surface area (Å²) in [5.74, 6) is -0.113. The lowest BCUT2D eigenvalue weighted by Gasteiger charge is -2.10. The smallest absolute Gasteiger partial charge is 0.258 e. The van der Waals surface area contributed by atoms with Crippen LogP contribution in [0.1, 0.15) is 22.8 Å². The summed E-state index contributed by atoms with van der Waals surface area (Å²) in [6.07, 6.45) is 4.50. The van der Waals surface area contributed by atoms with Gasteiger partial charge in [0.05, 0.1) is 5.56 Å². The molecule has 1 amide bonds. The Labute approximate surface area is 117 Å². The number of aromatic nitrogens is 1. The van der Waals surface area contributed by atoms with Crippen LogP contribution in [0, 0.1) is 0 Å². The van der Waals surface area contributed by atoms with E-state index >= 15 is 0 Å². The Morgan fingerprint density at radius 3 is 2.79 bits per heavy atom. The van der Waals surface area contributed by atoms with Gasteiger partial charge in [0.1, 0.15) is 5.03 Å². The Kier molecular flexibility index (Phi) is 4.58. The maximum atomic E-state index is 12.3. The van der Waals surface area contributed by atoms with E-state index in [2.05, 4.69) is 17.2 Å². The standard InChI is InChI=1S/C15H16N2OS/c1-3-11-7-4-5-9-13(11)17-14(18)12-8-6-10-16-15(12)19-2/h4-10H,3H2,1-2H3,(H,17,18). The zero-order valence-electron chi connectivity index (χ0n) is 11.0. The number of anilines is 1. The number of amides is 1. The number of benzene rings is 1. The molecule has 2 aromatic rings. The lowest BCUT2D eigenvalue weighted by molar-refractivity contribution is 0.102. The van der Waals surface area contributed by atoms with Crippen molar-refractivity contribution >= 4 is 23.4 Å². The molecule has 19 heavy (non-hydrogen) atoms. The highest BCUT2D eigenvalue weighted by Gasteiger charge is 2.12. The van der Waals surface area contributed by atoms with E-state index in [9.17, 15) is 4.79 Å². The fraction of sp³-hybridized carbons (Fsp3) is 0.200. The van der Waals surface area contributed by atoms with Crippen molar-refractivity contribution in [2.45, 2.75) is 18.4 Å². The Morgan fingerprint density at radius 1 is 1.26 bits per heavy atom. The van der Waals surface area contributed by atoms with Crippen LogP contribution in [0.25, 0.3) is 0 Å². The normalized spacial score (nSPS) is 10.2. The van der Waals surface area contributed by atoms with Crippen molar-refractivity contribution in [2.75, 3.05) is 11.6 Å². The van der Waals surface area contributed by atoms with E-state index in [0.29, 0.717) is 5.56 Å². The minimum absolute atomic E-state index is 0.113. The van der Waals surface area contributed by atoms with E-state index in [4.69, 9.17) is 0 Å². The highest BCUT2D eigenvalue weighted by Crippen LogP contribution is 2.20. The van der Waals surface area contributed by atoms with Crippen molar-refractivity contribution in [1.82, 2.24) is 4.98 Å². The molecule has 0 spiro atoms. The number of para-hydroxylation sites is 1. The van der Waals surface area contributed by atoms with Crippen molar-refractivity contribution in [3.63, 3.8) is 0 Å². The van der Waals surface area contributed by atoms with Crippen LogP contribution in [0.4, 0.5) is 5.69 Å². The van der Waals surface area contributed by atoms with Crippen molar-refractivity contribution in [2.24, 2.45) is 0 Å². The first kappa shape index (κ1) is 13.6. The second kappa shape index (κ2) is 6.38. The summed E-state index contributed by atoms with van der Waals surface area (Å²) in [5, 5.41) is 3.70. The van der Waals surface area contributed by atoms with E-state index in [-0.39, 0.29) is 5.91 Å². The van der Waals surface area contributed by atoms with Gasteiger partial charge >= 0.3 is 0 Å². The number of hydrogen-bond acceptors (Lipinski definition) is 3. The summed E-state index contributed by atoms with van der Waals surface area (Å²) in [7, 11) is 0. The maximum Gasteiger partial charge on any atom is 0.258 e. The largest absolute Gasteiger partial charge is 0.322 e. The summed E-state index contributed by atoms with van der Waals surface area (Å²) < 4.78 is 0. The third kappa shape index (κ3) is 3.15. The van der Waals surface area contributed by atoms with E-state index in [1.54, 1.807) is 18.3 Å². The predicted octanol–water partition coefficient (Wildman–Crippen LogP) is 3.62. The van der Waals surface area contributed by atoms with Crippen LogP contribution in [0.5, 0.6) is 0 Å². The maximum absolute atomic E-state index is 12.3. The molecular formula is C15H16N2OS. The lowest BCUT2D eigenvalue weighted by atomic mass is 10.1. The fourth-order valence-electron chi connectivity index (χ4n) is 1.87. The summed E-state index contributed by atoms with van der Waals surface area (Å²) in [6.45, 7) is 2.07. The molecule has 0 fully saturated rings. The van der Waals surface area contributed by atoms with E-state index < -0.39 is 0 Å². The molecule has 0 aliphatic carbocycles. The molecule has 0 bridgehead atoms. The number of carbonyl (C=O) groups excluding carboxylic acids is 1. The van der Waals surface area contributed by atoms with Gasteiger partial charge in [-0.05, 0) is 36.4 Å². The van der Waals surface area contributed by atoms with Gasteiger partial charge in [-0.2, -0.15) is 0 Å². The Hall–Kier alpha value is -1.81. The van der Waals surface area contributed by atoms with Gasteiger partial charge in [0.15, 0.2) is 0 Å². The van der Waals surface area contributed by atoms with Gasteiger partial charge < -0.3 is 5.32 Å². The van der Waals surface area contributed by atoms with Gasteiger partial charge in [0.2, 0.25) is 0 Å². The Balaban J connectivity index is 2.26. The van der Waals surface area contributed by atoms with Crippen LogP contribution >= 0.6 is 11.8 Å². The third-order valence-corrected chi connectivity index (χ3v) is 3.57. The lowest BCUT2D eigenvalue weighted by Crippen LogP contribution is -2.14. The van der Waals surface area contributed by atoms with Crippen LogP contribution < -0.4 is 5.32 Å². The van der Waals surface area contributed by atoms with Gasteiger partial charge in [-0.1, -0.05) is 25.1 Å².